The van der Waals surface area contributed by atoms with Crippen molar-refractivity contribution in [1.82, 2.24) is 0 Å². The van der Waals surface area contributed by atoms with Gasteiger partial charge in [0.05, 0.1) is 0 Å². The van der Waals surface area contributed by atoms with Gasteiger partial charge in [0.15, 0.2) is 0 Å². The maximum atomic E-state index is 6.08. The molecule has 1 aromatic heterocycles. The Hall–Kier alpha value is -3.36. The Bertz CT molecular complexity index is 1240. The largest absolute Gasteiger partial charge is 0.399 e. The van der Waals surface area contributed by atoms with Crippen LogP contribution in [0.2, 0.25) is 0 Å². The summed E-state index contributed by atoms with van der Waals surface area (Å²) in [6.45, 7) is 8.04. The fraction of sp³-hybridized carbons (Fsp3) is 0. The molecule has 0 unspecified atom stereocenters. The van der Waals surface area contributed by atoms with Gasteiger partial charge in [-0.15, -0.1) is 11.3 Å². The van der Waals surface area contributed by atoms with Crippen molar-refractivity contribution in [2.75, 3.05) is 0 Å². The molecule has 0 aliphatic heterocycles. The van der Waals surface area contributed by atoms with E-state index in [-0.39, 0.29) is 0 Å². The quantitative estimate of drug-likeness (QED) is 0.365. The Morgan fingerprint density at radius 2 is 1.50 bits per heavy atom. The van der Waals surface area contributed by atoms with E-state index in [0.717, 1.165) is 22.3 Å². The van der Waals surface area contributed by atoms with E-state index >= 15 is 0 Å². The van der Waals surface area contributed by atoms with Crippen LogP contribution in [0.25, 0.3) is 31.3 Å². The van der Waals surface area contributed by atoms with Crippen molar-refractivity contribution in [1.29, 1.82) is 0 Å². The minimum absolute atomic E-state index is 0.627. The van der Waals surface area contributed by atoms with Crippen LogP contribution in [-0.2, 0) is 0 Å². The standard InChI is InChI=1S/C26H21NS/c1-3-22(27)16-21(15-18(2)19-9-5-4-6-10-19)20-13-14-26-24(17-20)23-11-7-8-12-25(23)28-26/h3-17H,1-2,27H2/b21-15+,22-16+. The van der Waals surface area contributed by atoms with E-state index in [9.17, 15) is 0 Å². The molecule has 0 fully saturated rings. The van der Waals surface area contributed by atoms with Crippen LogP contribution in [0.15, 0.2) is 110 Å². The summed E-state index contributed by atoms with van der Waals surface area (Å²) in [4.78, 5) is 0. The molecular formula is C26H21NS. The molecule has 0 aliphatic carbocycles. The smallest absolute Gasteiger partial charge is 0.0355 e. The molecule has 136 valence electrons. The van der Waals surface area contributed by atoms with Crippen molar-refractivity contribution < 1.29 is 0 Å². The van der Waals surface area contributed by atoms with Gasteiger partial charge in [-0.1, -0.05) is 67.8 Å². The van der Waals surface area contributed by atoms with Crippen molar-refractivity contribution in [3.05, 3.63) is 121 Å². The number of hydrogen-bond acceptors (Lipinski definition) is 2. The zero-order valence-corrected chi connectivity index (χ0v) is 16.4. The summed E-state index contributed by atoms with van der Waals surface area (Å²) in [6.07, 6.45) is 5.70. The summed E-state index contributed by atoms with van der Waals surface area (Å²) in [5.74, 6) is 0. The molecule has 0 spiro atoms. The van der Waals surface area contributed by atoms with Gasteiger partial charge in [-0.3, -0.25) is 0 Å². The summed E-state index contributed by atoms with van der Waals surface area (Å²) in [7, 11) is 0. The second kappa shape index (κ2) is 7.71. The second-order valence-corrected chi connectivity index (χ2v) is 7.73. The van der Waals surface area contributed by atoms with Crippen LogP contribution in [-0.4, -0.2) is 0 Å². The Labute approximate surface area is 169 Å². The lowest BCUT2D eigenvalue weighted by Crippen LogP contribution is -1.94. The molecule has 2 N–H and O–H groups in total. The maximum Gasteiger partial charge on any atom is 0.0355 e. The summed E-state index contributed by atoms with van der Waals surface area (Å²) in [6, 6.07) is 25.3. The second-order valence-electron chi connectivity index (χ2n) is 6.65. The number of allylic oxidation sites excluding steroid dienone is 5. The maximum absolute atomic E-state index is 6.08. The van der Waals surface area contributed by atoms with Gasteiger partial charge in [0.1, 0.15) is 0 Å². The van der Waals surface area contributed by atoms with Crippen molar-refractivity contribution in [2.24, 2.45) is 5.73 Å². The van der Waals surface area contributed by atoms with Crippen LogP contribution < -0.4 is 5.73 Å². The van der Waals surface area contributed by atoms with Gasteiger partial charge >= 0.3 is 0 Å². The van der Waals surface area contributed by atoms with Crippen molar-refractivity contribution in [3.8, 4) is 0 Å². The lowest BCUT2D eigenvalue weighted by Gasteiger charge is -2.08. The van der Waals surface area contributed by atoms with E-state index in [1.54, 1.807) is 6.08 Å². The highest BCUT2D eigenvalue weighted by molar-refractivity contribution is 7.25. The minimum Gasteiger partial charge on any atom is -0.399 e. The van der Waals surface area contributed by atoms with Crippen molar-refractivity contribution in [2.45, 2.75) is 0 Å². The summed E-state index contributed by atoms with van der Waals surface area (Å²) in [5.41, 5.74) is 10.9. The molecule has 3 aromatic carbocycles. The van der Waals surface area contributed by atoms with Gasteiger partial charge < -0.3 is 5.73 Å². The Morgan fingerprint density at radius 1 is 0.786 bits per heavy atom. The molecule has 0 amide bonds. The number of benzene rings is 3. The highest BCUT2D eigenvalue weighted by Gasteiger charge is 2.08. The van der Waals surface area contributed by atoms with Crippen LogP contribution in [0.4, 0.5) is 0 Å². The molecule has 2 heteroatoms. The number of fused-ring (bicyclic) bond motifs is 3. The lowest BCUT2D eigenvalue weighted by atomic mass is 9.97. The van der Waals surface area contributed by atoms with E-state index in [1.807, 2.05) is 35.6 Å². The van der Waals surface area contributed by atoms with Crippen molar-refractivity contribution >= 4 is 42.7 Å². The molecule has 4 aromatic rings. The highest BCUT2D eigenvalue weighted by atomic mass is 32.1. The van der Waals surface area contributed by atoms with Gasteiger partial charge in [-0.2, -0.15) is 0 Å². The molecule has 0 aliphatic rings. The van der Waals surface area contributed by atoms with Crippen LogP contribution in [0.3, 0.4) is 0 Å². The van der Waals surface area contributed by atoms with Crippen LogP contribution in [0.5, 0.6) is 0 Å². The van der Waals surface area contributed by atoms with Gasteiger partial charge in [-0.05, 0) is 58.7 Å². The SMILES string of the molecule is C=C/C(N)=C\C(=C/C(=C)c1ccccc1)c1ccc2sc3ccccc3c2c1. The fourth-order valence-electron chi connectivity index (χ4n) is 3.28. The lowest BCUT2D eigenvalue weighted by molar-refractivity contribution is 1.43. The average molecular weight is 380 g/mol. The van der Waals surface area contributed by atoms with E-state index in [1.165, 1.54) is 20.2 Å². The molecule has 1 heterocycles. The molecule has 0 saturated heterocycles. The normalized spacial score (nSPS) is 12.4. The number of rotatable bonds is 5. The van der Waals surface area contributed by atoms with Crippen LogP contribution >= 0.6 is 11.3 Å². The first kappa shape index (κ1) is 18.0. The average Bonchev–Trinajstić information content (AvgIpc) is 3.11. The van der Waals surface area contributed by atoms with Gasteiger partial charge in [0.2, 0.25) is 0 Å². The molecule has 0 saturated carbocycles. The highest BCUT2D eigenvalue weighted by Crippen LogP contribution is 2.36. The third-order valence-electron chi connectivity index (χ3n) is 4.74. The third-order valence-corrected chi connectivity index (χ3v) is 5.89. The first-order valence-corrected chi connectivity index (χ1v) is 9.94. The summed E-state index contributed by atoms with van der Waals surface area (Å²) in [5, 5.41) is 2.55. The van der Waals surface area contributed by atoms with Crippen LogP contribution in [0, 0.1) is 0 Å². The molecule has 0 bridgehead atoms. The first-order valence-electron chi connectivity index (χ1n) is 9.13. The molecule has 28 heavy (non-hydrogen) atoms. The number of nitrogens with two attached hydrogens (primary N) is 1. The Balaban J connectivity index is 1.86. The Morgan fingerprint density at radius 3 is 2.29 bits per heavy atom. The molecule has 0 radical (unpaired) electrons. The van der Waals surface area contributed by atoms with Gasteiger partial charge in [0.25, 0.3) is 0 Å². The first-order chi connectivity index (χ1) is 13.7. The third kappa shape index (κ3) is 3.55. The summed E-state index contributed by atoms with van der Waals surface area (Å²) < 4.78 is 2.59. The minimum atomic E-state index is 0.627. The molecular weight excluding hydrogens is 358 g/mol. The van der Waals surface area contributed by atoms with E-state index in [0.29, 0.717) is 5.70 Å². The van der Waals surface area contributed by atoms with Crippen molar-refractivity contribution in [3.63, 3.8) is 0 Å². The fourth-order valence-corrected chi connectivity index (χ4v) is 4.36. The molecule has 4 rings (SSSR count). The number of thiophene rings is 1. The Kier molecular flexibility index (Phi) is 4.96. The number of hydrogen-bond donors (Lipinski definition) is 1. The molecule has 0 atom stereocenters. The van der Waals surface area contributed by atoms with E-state index in [4.69, 9.17) is 5.73 Å². The summed E-state index contributed by atoms with van der Waals surface area (Å²) >= 11 is 1.82. The zero-order valence-electron chi connectivity index (χ0n) is 15.6. The molecule has 1 nitrogen and oxygen atoms in total. The topological polar surface area (TPSA) is 26.0 Å². The van der Waals surface area contributed by atoms with E-state index < -0.39 is 0 Å². The van der Waals surface area contributed by atoms with Crippen LogP contribution in [0.1, 0.15) is 11.1 Å². The zero-order chi connectivity index (χ0) is 19.5. The predicted molar refractivity (Wildman–Crippen MR) is 125 cm³/mol. The monoisotopic (exact) mass is 379 g/mol. The predicted octanol–water partition coefficient (Wildman–Crippen LogP) is 7.18. The van der Waals surface area contributed by atoms with Gasteiger partial charge in [-0.25, -0.2) is 0 Å². The van der Waals surface area contributed by atoms with Gasteiger partial charge in [0, 0.05) is 25.9 Å². The van der Waals surface area contributed by atoms with E-state index in [2.05, 4.69) is 73.8 Å².